The Morgan fingerprint density at radius 2 is 1.95 bits per heavy atom. The van der Waals surface area contributed by atoms with E-state index in [1.54, 1.807) is 6.07 Å². The first-order valence-corrected chi connectivity index (χ1v) is 7.33. The highest BCUT2D eigenvalue weighted by Crippen LogP contribution is 2.21. The number of carbonyl (C=O) groups excluding carboxylic acids is 1. The minimum Gasteiger partial charge on any atom is -0.265 e. The van der Waals surface area contributed by atoms with Crippen LogP contribution in [0.3, 0.4) is 0 Å². The summed E-state index contributed by atoms with van der Waals surface area (Å²) in [5, 5.41) is 5.33. The highest BCUT2D eigenvalue weighted by atomic mass is 35.5. The Hall–Kier alpha value is -2.24. The number of fused-ring (bicyclic) bond motifs is 1. The van der Waals surface area contributed by atoms with Crippen molar-refractivity contribution in [2.24, 2.45) is 5.10 Å². The van der Waals surface area contributed by atoms with Gasteiger partial charge in [0, 0.05) is 16.0 Å². The van der Waals surface area contributed by atoms with Gasteiger partial charge in [-0.15, -0.1) is 0 Å². The summed E-state index contributed by atoms with van der Waals surface area (Å²) in [4.78, 5) is 12.1. The molecule has 0 spiro atoms. The molecule has 1 aromatic heterocycles. The van der Waals surface area contributed by atoms with E-state index in [-0.39, 0.29) is 5.91 Å². The van der Waals surface area contributed by atoms with Crippen molar-refractivity contribution < 1.29 is 4.79 Å². The molecule has 0 atom stereocenters. The standard InChI is InChI=1S/C15H10ClN3OS/c16-12-7-3-1-5-10(12)9-17-18-15(20)14-11-6-2-4-8-13(11)21-19-14/h1-9H,(H,18,20)/b17-9+. The van der Waals surface area contributed by atoms with Gasteiger partial charge < -0.3 is 0 Å². The number of hydrogen-bond acceptors (Lipinski definition) is 4. The smallest absolute Gasteiger partial charge is 0.265 e. The lowest BCUT2D eigenvalue weighted by Crippen LogP contribution is -2.18. The second kappa shape index (κ2) is 6.03. The van der Waals surface area contributed by atoms with Crippen LogP contribution in [0.25, 0.3) is 10.1 Å². The first-order chi connectivity index (χ1) is 10.3. The van der Waals surface area contributed by atoms with Crippen molar-refractivity contribution in [3.05, 3.63) is 64.8 Å². The van der Waals surface area contributed by atoms with Crippen molar-refractivity contribution >= 4 is 45.3 Å². The summed E-state index contributed by atoms with van der Waals surface area (Å²) in [5.41, 5.74) is 3.59. The number of hydrazone groups is 1. The molecular formula is C15H10ClN3OS. The van der Waals surface area contributed by atoms with Crippen molar-refractivity contribution in [3.63, 3.8) is 0 Å². The van der Waals surface area contributed by atoms with Gasteiger partial charge in [-0.2, -0.15) is 9.47 Å². The second-order valence-electron chi connectivity index (χ2n) is 4.25. The van der Waals surface area contributed by atoms with Crippen LogP contribution in [0.5, 0.6) is 0 Å². The molecule has 21 heavy (non-hydrogen) atoms. The summed E-state index contributed by atoms with van der Waals surface area (Å²) in [5.74, 6) is -0.337. The lowest BCUT2D eigenvalue weighted by Gasteiger charge is -1.98. The van der Waals surface area contributed by atoms with Crippen molar-refractivity contribution in [1.82, 2.24) is 9.80 Å². The summed E-state index contributed by atoms with van der Waals surface area (Å²) in [6, 6.07) is 14.8. The SMILES string of the molecule is O=C(N/N=C/c1ccccc1Cl)c1nsc2ccccc12. The number of benzene rings is 2. The molecule has 1 amide bonds. The highest BCUT2D eigenvalue weighted by Gasteiger charge is 2.12. The Morgan fingerprint density at radius 3 is 2.81 bits per heavy atom. The second-order valence-corrected chi connectivity index (χ2v) is 5.46. The Labute approximate surface area is 130 Å². The van der Waals surface area contributed by atoms with Crippen molar-refractivity contribution in [2.75, 3.05) is 0 Å². The van der Waals surface area contributed by atoms with E-state index in [1.807, 2.05) is 42.5 Å². The molecule has 0 saturated carbocycles. The molecule has 0 bridgehead atoms. The van der Waals surface area contributed by atoms with Gasteiger partial charge in [0.1, 0.15) is 0 Å². The summed E-state index contributed by atoms with van der Waals surface area (Å²) in [7, 11) is 0. The number of nitrogens with zero attached hydrogens (tertiary/aromatic N) is 2. The normalized spacial score (nSPS) is 11.1. The van der Waals surface area contributed by atoms with Crippen LogP contribution in [-0.4, -0.2) is 16.5 Å². The van der Waals surface area contributed by atoms with Crippen LogP contribution in [0.2, 0.25) is 5.02 Å². The average Bonchev–Trinajstić information content (AvgIpc) is 2.93. The van der Waals surface area contributed by atoms with Crippen LogP contribution in [0, 0.1) is 0 Å². The van der Waals surface area contributed by atoms with E-state index in [2.05, 4.69) is 14.9 Å². The maximum atomic E-state index is 12.1. The number of halogens is 1. The van der Waals surface area contributed by atoms with Crippen LogP contribution >= 0.6 is 23.1 Å². The molecule has 0 saturated heterocycles. The maximum Gasteiger partial charge on any atom is 0.291 e. The molecule has 104 valence electrons. The molecule has 0 unspecified atom stereocenters. The lowest BCUT2D eigenvalue weighted by atomic mass is 10.2. The summed E-state index contributed by atoms with van der Waals surface area (Å²) in [6.45, 7) is 0. The molecule has 2 aromatic carbocycles. The molecule has 0 fully saturated rings. The molecule has 0 aliphatic heterocycles. The van der Waals surface area contributed by atoms with E-state index in [0.29, 0.717) is 10.7 Å². The predicted molar refractivity (Wildman–Crippen MR) is 86.1 cm³/mol. The number of nitrogens with one attached hydrogen (secondary N) is 1. The van der Waals surface area contributed by atoms with Crippen LogP contribution in [0.1, 0.15) is 16.1 Å². The van der Waals surface area contributed by atoms with E-state index in [4.69, 9.17) is 11.6 Å². The highest BCUT2D eigenvalue weighted by molar-refractivity contribution is 7.13. The number of carbonyl (C=O) groups is 1. The molecule has 4 nitrogen and oxygen atoms in total. The van der Waals surface area contributed by atoms with E-state index in [9.17, 15) is 4.79 Å². The fraction of sp³-hybridized carbons (Fsp3) is 0. The fourth-order valence-electron chi connectivity index (χ4n) is 1.84. The molecule has 1 heterocycles. The van der Waals surface area contributed by atoms with Crippen molar-refractivity contribution in [2.45, 2.75) is 0 Å². The summed E-state index contributed by atoms with van der Waals surface area (Å²) in [6.07, 6.45) is 1.51. The van der Waals surface area contributed by atoms with Crippen LogP contribution in [0.4, 0.5) is 0 Å². The third-order valence-electron chi connectivity index (χ3n) is 2.87. The van der Waals surface area contributed by atoms with Gasteiger partial charge in [0.15, 0.2) is 5.69 Å². The molecule has 3 rings (SSSR count). The Morgan fingerprint density at radius 1 is 1.19 bits per heavy atom. The molecule has 0 aliphatic carbocycles. The number of rotatable bonds is 3. The molecule has 0 radical (unpaired) electrons. The maximum absolute atomic E-state index is 12.1. The topological polar surface area (TPSA) is 54.4 Å². The van der Waals surface area contributed by atoms with Crippen LogP contribution in [-0.2, 0) is 0 Å². The Balaban J connectivity index is 1.77. The molecular weight excluding hydrogens is 306 g/mol. The summed E-state index contributed by atoms with van der Waals surface area (Å²) >= 11 is 7.29. The monoisotopic (exact) mass is 315 g/mol. The van der Waals surface area contributed by atoms with E-state index < -0.39 is 0 Å². The van der Waals surface area contributed by atoms with Gasteiger partial charge in [0.25, 0.3) is 5.91 Å². The Bertz CT molecular complexity index is 828. The van der Waals surface area contributed by atoms with E-state index >= 15 is 0 Å². The molecule has 0 aliphatic rings. The van der Waals surface area contributed by atoms with Gasteiger partial charge in [-0.05, 0) is 23.7 Å². The van der Waals surface area contributed by atoms with Gasteiger partial charge in [0.05, 0.1) is 10.9 Å². The fourth-order valence-corrected chi connectivity index (χ4v) is 2.80. The van der Waals surface area contributed by atoms with Crippen LogP contribution in [0.15, 0.2) is 53.6 Å². The van der Waals surface area contributed by atoms with Gasteiger partial charge in [-0.1, -0.05) is 48.0 Å². The third kappa shape index (κ3) is 2.94. The number of aromatic nitrogens is 1. The molecule has 3 aromatic rings. The number of hydrogen-bond donors (Lipinski definition) is 1. The van der Waals surface area contributed by atoms with E-state index in [1.165, 1.54) is 17.7 Å². The first kappa shape index (κ1) is 13.7. The largest absolute Gasteiger partial charge is 0.291 e. The van der Waals surface area contributed by atoms with Gasteiger partial charge in [-0.3, -0.25) is 4.79 Å². The molecule has 6 heteroatoms. The lowest BCUT2D eigenvalue weighted by molar-refractivity contribution is 0.0953. The Kier molecular flexibility index (Phi) is 3.94. The van der Waals surface area contributed by atoms with Crippen LogP contribution < -0.4 is 5.43 Å². The molecule has 1 N–H and O–H groups in total. The first-order valence-electron chi connectivity index (χ1n) is 6.18. The van der Waals surface area contributed by atoms with Crippen molar-refractivity contribution in [1.29, 1.82) is 0 Å². The predicted octanol–water partition coefficient (Wildman–Crippen LogP) is 3.71. The van der Waals surface area contributed by atoms with Gasteiger partial charge in [0.2, 0.25) is 0 Å². The van der Waals surface area contributed by atoms with Crippen molar-refractivity contribution in [3.8, 4) is 0 Å². The van der Waals surface area contributed by atoms with Gasteiger partial charge in [-0.25, -0.2) is 5.43 Å². The zero-order valence-electron chi connectivity index (χ0n) is 10.8. The third-order valence-corrected chi connectivity index (χ3v) is 4.04. The van der Waals surface area contributed by atoms with Gasteiger partial charge >= 0.3 is 0 Å². The minimum absolute atomic E-state index is 0.337. The van der Waals surface area contributed by atoms with E-state index in [0.717, 1.165) is 15.6 Å². The minimum atomic E-state index is -0.337. The average molecular weight is 316 g/mol. The summed E-state index contributed by atoms with van der Waals surface area (Å²) < 4.78 is 5.14. The number of amides is 1. The zero-order valence-corrected chi connectivity index (χ0v) is 12.4. The zero-order chi connectivity index (χ0) is 14.7. The quantitative estimate of drug-likeness (QED) is 0.591.